The second kappa shape index (κ2) is 9.68. The molecule has 1 aliphatic rings. The second-order valence-corrected chi connectivity index (χ2v) is 9.66. The molecule has 1 atom stereocenters. The molecule has 5 rings (SSSR count). The minimum absolute atomic E-state index is 0.138. The molecule has 2 aromatic heterocycles. The number of hydrogen-bond acceptors (Lipinski definition) is 5. The molecule has 1 amide bonds. The van der Waals surface area contributed by atoms with Crippen molar-refractivity contribution in [3.8, 4) is 28.0 Å². The van der Waals surface area contributed by atoms with E-state index in [9.17, 15) is 18.0 Å². The van der Waals surface area contributed by atoms with Crippen LogP contribution in [0.2, 0.25) is 0 Å². The number of aromatic amines is 1. The largest absolute Gasteiger partial charge is 0.496 e. The topological polar surface area (TPSA) is 87.5 Å². The number of nitrogen functional groups attached to an aromatic ring is 1. The molecule has 4 aromatic rings. The molecule has 1 saturated heterocycles. The van der Waals surface area contributed by atoms with Gasteiger partial charge in [-0.25, -0.2) is 4.98 Å². The number of nitrogens with one attached hydrogen (secondary N) is 1. The maximum Gasteiger partial charge on any atom is 0.418 e. The average molecular weight is 524 g/mol. The molecule has 38 heavy (non-hydrogen) atoms. The fourth-order valence-electron chi connectivity index (χ4n) is 5.00. The zero-order valence-electron chi connectivity index (χ0n) is 21.3. The zero-order valence-corrected chi connectivity index (χ0v) is 21.3. The number of benzene rings is 2. The van der Waals surface area contributed by atoms with E-state index in [0.717, 1.165) is 23.6 Å². The molecule has 7 nitrogen and oxygen atoms in total. The van der Waals surface area contributed by atoms with Gasteiger partial charge in [-0.05, 0) is 50.3 Å². The molecule has 3 N–H and O–H groups in total. The predicted molar refractivity (Wildman–Crippen MR) is 141 cm³/mol. The van der Waals surface area contributed by atoms with E-state index in [-0.39, 0.29) is 17.2 Å². The Labute approximate surface area is 218 Å². The molecule has 10 heteroatoms. The summed E-state index contributed by atoms with van der Waals surface area (Å²) in [6.45, 7) is 0.877. The standard InChI is InChI=1S/C28H28F3N5O2/c1-35(2)18-8-9-36(15-18)27(37)21-10-16(12-23(25(21)32)28(29,30)31)17-11-20-22(14-34-26(20)33-13-17)19-6-4-5-7-24(19)38-3/h4-7,10-14,18H,8-9,15,32H2,1-3H3,(H,33,34). The lowest BCUT2D eigenvalue weighted by Crippen LogP contribution is -2.35. The molecule has 2 aromatic carbocycles. The quantitative estimate of drug-likeness (QED) is 0.348. The van der Waals surface area contributed by atoms with Crippen molar-refractivity contribution in [1.29, 1.82) is 0 Å². The number of H-pyrrole nitrogens is 1. The summed E-state index contributed by atoms with van der Waals surface area (Å²) in [7, 11) is 5.40. The third kappa shape index (κ3) is 4.56. The van der Waals surface area contributed by atoms with Crippen LogP contribution in [0.3, 0.4) is 0 Å². The van der Waals surface area contributed by atoms with Gasteiger partial charge in [0.05, 0.1) is 23.9 Å². The van der Waals surface area contributed by atoms with E-state index in [2.05, 4.69) is 9.97 Å². The fraction of sp³-hybridized carbons (Fsp3) is 0.286. The van der Waals surface area contributed by atoms with Crippen LogP contribution in [0.25, 0.3) is 33.3 Å². The van der Waals surface area contributed by atoms with E-state index >= 15 is 0 Å². The SMILES string of the molecule is COc1ccccc1-c1c[nH]c2ncc(-c3cc(C(=O)N4CCC(N(C)C)C4)c(N)c(C(F)(F)F)c3)cc12. The number of likely N-dealkylation sites (N-methyl/N-ethyl adjacent to an activating group) is 1. The number of carbonyl (C=O) groups excluding carboxylic acids is 1. The smallest absolute Gasteiger partial charge is 0.418 e. The number of anilines is 1. The molecule has 198 valence electrons. The second-order valence-electron chi connectivity index (χ2n) is 9.66. The number of nitrogens with two attached hydrogens (primary N) is 1. The van der Waals surface area contributed by atoms with Gasteiger partial charge in [-0.2, -0.15) is 13.2 Å². The summed E-state index contributed by atoms with van der Waals surface area (Å²) < 4.78 is 47.7. The molecule has 1 unspecified atom stereocenters. The number of ether oxygens (including phenoxy) is 1. The van der Waals surface area contributed by atoms with E-state index < -0.39 is 23.3 Å². The summed E-state index contributed by atoms with van der Waals surface area (Å²) in [4.78, 5) is 24.5. The van der Waals surface area contributed by atoms with Gasteiger partial charge in [0, 0.05) is 53.6 Å². The van der Waals surface area contributed by atoms with Crippen LogP contribution in [-0.2, 0) is 6.18 Å². The van der Waals surface area contributed by atoms with Gasteiger partial charge in [-0.15, -0.1) is 0 Å². The minimum Gasteiger partial charge on any atom is -0.496 e. The number of nitrogens with zero attached hydrogens (tertiary/aromatic N) is 3. The molecule has 0 aliphatic carbocycles. The summed E-state index contributed by atoms with van der Waals surface area (Å²) in [6.07, 6.45) is -0.722. The zero-order chi connectivity index (χ0) is 27.2. The van der Waals surface area contributed by atoms with Crippen LogP contribution in [0.1, 0.15) is 22.3 Å². The molecule has 3 heterocycles. The van der Waals surface area contributed by atoms with Gasteiger partial charge in [0.1, 0.15) is 11.4 Å². The molecule has 1 fully saturated rings. The molecular weight excluding hydrogens is 495 g/mol. The average Bonchev–Trinajstić information content (AvgIpc) is 3.55. The molecular formula is C28H28F3N5O2. The number of aromatic nitrogens is 2. The maximum absolute atomic E-state index is 14.1. The molecule has 0 spiro atoms. The van der Waals surface area contributed by atoms with Gasteiger partial charge in [-0.3, -0.25) is 4.79 Å². The van der Waals surface area contributed by atoms with Crippen molar-refractivity contribution >= 4 is 22.6 Å². The van der Waals surface area contributed by atoms with Crippen LogP contribution >= 0.6 is 0 Å². The molecule has 0 radical (unpaired) electrons. The van der Waals surface area contributed by atoms with Gasteiger partial charge in [0.25, 0.3) is 5.91 Å². The number of methoxy groups -OCH3 is 1. The van der Waals surface area contributed by atoms with Crippen LogP contribution < -0.4 is 10.5 Å². The van der Waals surface area contributed by atoms with E-state index in [4.69, 9.17) is 10.5 Å². The summed E-state index contributed by atoms with van der Waals surface area (Å²) in [5, 5.41) is 0.707. The highest BCUT2D eigenvalue weighted by molar-refractivity contribution is 6.02. The Morgan fingerprint density at radius 2 is 1.92 bits per heavy atom. The number of amides is 1. The maximum atomic E-state index is 14.1. The van der Waals surface area contributed by atoms with Crippen molar-refractivity contribution in [2.45, 2.75) is 18.6 Å². The normalized spacial score (nSPS) is 16.0. The predicted octanol–water partition coefficient (Wildman–Crippen LogP) is 5.28. The Bertz CT molecular complexity index is 1510. The van der Waals surface area contributed by atoms with Gasteiger partial charge in [0.2, 0.25) is 0 Å². The van der Waals surface area contributed by atoms with Crippen LogP contribution in [0.15, 0.2) is 54.9 Å². The van der Waals surface area contributed by atoms with Gasteiger partial charge in [-0.1, -0.05) is 18.2 Å². The Balaban J connectivity index is 1.62. The fourth-order valence-corrected chi connectivity index (χ4v) is 5.00. The Morgan fingerprint density at radius 3 is 2.61 bits per heavy atom. The van der Waals surface area contributed by atoms with Crippen molar-refractivity contribution in [3.05, 3.63) is 66.0 Å². The lowest BCUT2D eigenvalue weighted by Gasteiger charge is -2.22. The molecule has 0 saturated carbocycles. The lowest BCUT2D eigenvalue weighted by molar-refractivity contribution is -0.136. The van der Waals surface area contributed by atoms with E-state index in [1.165, 1.54) is 12.3 Å². The number of rotatable bonds is 5. The first-order valence-electron chi connectivity index (χ1n) is 12.2. The van der Waals surface area contributed by atoms with Gasteiger partial charge >= 0.3 is 6.18 Å². The van der Waals surface area contributed by atoms with Crippen LogP contribution in [0, 0.1) is 0 Å². The Morgan fingerprint density at radius 1 is 1.16 bits per heavy atom. The highest BCUT2D eigenvalue weighted by atomic mass is 19.4. The first kappa shape index (κ1) is 25.6. The number of hydrogen-bond donors (Lipinski definition) is 2. The molecule has 1 aliphatic heterocycles. The lowest BCUT2D eigenvalue weighted by atomic mass is 9.96. The number of likely N-dealkylation sites (tertiary alicyclic amines) is 1. The highest BCUT2D eigenvalue weighted by Gasteiger charge is 2.37. The summed E-state index contributed by atoms with van der Waals surface area (Å²) in [5.41, 5.74) is 7.03. The van der Waals surface area contributed by atoms with Crippen LogP contribution in [-0.4, -0.2) is 66.0 Å². The van der Waals surface area contributed by atoms with E-state index in [1.807, 2.05) is 43.3 Å². The number of halogens is 3. The van der Waals surface area contributed by atoms with Gasteiger partial charge in [0.15, 0.2) is 0 Å². The van der Waals surface area contributed by atoms with Crippen molar-refractivity contribution in [1.82, 2.24) is 19.8 Å². The third-order valence-corrected chi connectivity index (χ3v) is 7.16. The van der Waals surface area contributed by atoms with Crippen molar-refractivity contribution in [3.63, 3.8) is 0 Å². The number of fused-ring (bicyclic) bond motifs is 1. The first-order valence-corrected chi connectivity index (χ1v) is 12.2. The number of para-hydroxylation sites is 1. The summed E-state index contributed by atoms with van der Waals surface area (Å²) >= 11 is 0. The summed E-state index contributed by atoms with van der Waals surface area (Å²) in [6, 6.07) is 11.8. The van der Waals surface area contributed by atoms with Crippen LogP contribution in [0.4, 0.5) is 18.9 Å². The van der Waals surface area contributed by atoms with Crippen molar-refractivity contribution in [2.75, 3.05) is 40.0 Å². The number of alkyl halides is 3. The minimum atomic E-state index is -4.74. The first-order chi connectivity index (χ1) is 18.1. The highest BCUT2D eigenvalue weighted by Crippen LogP contribution is 2.40. The van der Waals surface area contributed by atoms with E-state index in [1.54, 1.807) is 24.3 Å². The molecule has 0 bridgehead atoms. The third-order valence-electron chi connectivity index (χ3n) is 7.16. The Hall–Kier alpha value is -4.05. The number of pyridine rings is 1. The van der Waals surface area contributed by atoms with Gasteiger partial charge < -0.3 is 25.3 Å². The number of carbonyl (C=O) groups is 1. The van der Waals surface area contributed by atoms with Crippen molar-refractivity contribution in [2.24, 2.45) is 0 Å². The van der Waals surface area contributed by atoms with Crippen molar-refractivity contribution < 1.29 is 22.7 Å². The van der Waals surface area contributed by atoms with Crippen LogP contribution in [0.5, 0.6) is 5.75 Å². The Kier molecular flexibility index (Phi) is 6.52. The monoisotopic (exact) mass is 523 g/mol. The summed E-state index contributed by atoms with van der Waals surface area (Å²) in [5.74, 6) is 0.143. The van der Waals surface area contributed by atoms with E-state index in [0.29, 0.717) is 35.4 Å².